The summed E-state index contributed by atoms with van der Waals surface area (Å²) in [6.45, 7) is 0.111. The maximum Gasteiger partial charge on any atom is 0.272 e. The lowest BCUT2D eigenvalue weighted by Gasteiger charge is -2.04. The highest BCUT2D eigenvalue weighted by atomic mass is 35.5. The van der Waals surface area contributed by atoms with Crippen molar-refractivity contribution >= 4 is 23.0 Å². The smallest absolute Gasteiger partial charge is 0.272 e. The van der Waals surface area contributed by atoms with Crippen LogP contribution in [-0.4, -0.2) is 15.5 Å². The normalized spacial score (nSPS) is 10.8. The van der Waals surface area contributed by atoms with Crippen molar-refractivity contribution in [1.82, 2.24) is 14.9 Å². The minimum absolute atomic E-state index is 0.111. The summed E-state index contributed by atoms with van der Waals surface area (Å²) in [5.74, 6) is -0.711. The van der Waals surface area contributed by atoms with Gasteiger partial charge in [-0.05, 0) is 24.3 Å². The van der Waals surface area contributed by atoms with Gasteiger partial charge in [-0.15, -0.1) is 0 Å². The first-order valence-corrected chi connectivity index (χ1v) is 6.68. The fraction of sp³-hybridized carbons (Fsp3) is 0.0667. The van der Waals surface area contributed by atoms with Gasteiger partial charge in [0.05, 0.1) is 10.5 Å². The molecule has 0 fully saturated rings. The summed E-state index contributed by atoms with van der Waals surface area (Å²) in [6, 6.07) is 11.4. The molecule has 0 saturated heterocycles. The second kappa shape index (κ2) is 5.54. The number of carbonyl (C=O) groups excluding carboxylic acids is 1. The molecular weight excluding hydrogens is 293 g/mol. The van der Waals surface area contributed by atoms with E-state index in [2.05, 4.69) is 10.4 Å². The Kier molecular flexibility index (Phi) is 3.58. The maximum atomic E-state index is 13.5. The quantitative estimate of drug-likeness (QED) is 0.808. The topological polar surface area (TPSA) is 46.4 Å². The third-order valence-corrected chi connectivity index (χ3v) is 3.28. The van der Waals surface area contributed by atoms with Crippen molar-refractivity contribution in [3.05, 3.63) is 70.8 Å². The van der Waals surface area contributed by atoms with Crippen molar-refractivity contribution in [3.63, 3.8) is 0 Å². The van der Waals surface area contributed by atoms with Gasteiger partial charge >= 0.3 is 0 Å². The van der Waals surface area contributed by atoms with Crippen molar-refractivity contribution in [2.75, 3.05) is 0 Å². The van der Waals surface area contributed by atoms with Crippen LogP contribution in [0.25, 0.3) is 5.52 Å². The monoisotopic (exact) mass is 303 g/mol. The van der Waals surface area contributed by atoms with E-state index in [0.29, 0.717) is 10.6 Å². The first-order valence-electron chi connectivity index (χ1n) is 6.30. The van der Waals surface area contributed by atoms with Gasteiger partial charge in [0.1, 0.15) is 5.82 Å². The van der Waals surface area contributed by atoms with Crippen LogP contribution in [0.4, 0.5) is 4.39 Å². The van der Waals surface area contributed by atoms with E-state index < -0.39 is 0 Å². The Balaban J connectivity index is 1.76. The number of nitrogens with zero attached hydrogens (tertiary/aromatic N) is 2. The van der Waals surface area contributed by atoms with Gasteiger partial charge in [-0.3, -0.25) is 4.79 Å². The van der Waals surface area contributed by atoms with Gasteiger partial charge in [-0.2, -0.15) is 5.10 Å². The lowest BCUT2D eigenvalue weighted by atomic mass is 10.2. The van der Waals surface area contributed by atoms with E-state index in [0.717, 1.165) is 5.52 Å². The highest BCUT2D eigenvalue weighted by Gasteiger charge is 2.11. The van der Waals surface area contributed by atoms with Crippen LogP contribution in [0.2, 0.25) is 5.02 Å². The third-order valence-electron chi connectivity index (χ3n) is 3.05. The predicted molar refractivity (Wildman–Crippen MR) is 77.8 cm³/mol. The molecule has 0 aliphatic rings. The van der Waals surface area contributed by atoms with Gasteiger partial charge in [-0.25, -0.2) is 8.91 Å². The van der Waals surface area contributed by atoms with Crippen LogP contribution >= 0.6 is 11.6 Å². The van der Waals surface area contributed by atoms with Crippen LogP contribution in [0.3, 0.4) is 0 Å². The molecule has 2 aromatic heterocycles. The number of nitrogens with one attached hydrogen (secondary N) is 1. The standard InChI is InChI=1S/C15H11ClFN3O/c16-11-5-6-12-7-14(19-20(12)9-11)15(21)18-8-10-3-1-2-4-13(10)17/h1-7,9H,8H2,(H,18,21). The largest absolute Gasteiger partial charge is 0.346 e. The van der Waals surface area contributed by atoms with Gasteiger partial charge in [0.15, 0.2) is 5.69 Å². The minimum atomic E-state index is -0.363. The van der Waals surface area contributed by atoms with Crippen molar-refractivity contribution in [1.29, 1.82) is 0 Å². The first kappa shape index (κ1) is 13.6. The average Bonchev–Trinajstić information content (AvgIpc) is 2.89. The van der Waals surface area contributed by atoms with E-state index >= 15 is 0 Å². The number of hydrogen-bond donors (Lipinski definition) is 1. The van der Waals surface area contributed by atoms with E-state index in [1.165, 1.54) is 10.6 Å². The molecule has 0 atom stereocenters. The minimum Gasteiger partial charge on any atom is -0.346 e. The molecule has 21 heavy (non-hydrogen) atoms. The number of amides is 1. The molecule has 3 aromatic rings. The van der Waals surface area contributed by atoms with Crippen molar-refractivity contribution in [2.24, 2.45) is 0 Å². The lowest BCUT2D eigenvalue weighted by Crippen LogP contribution is -2.23. The van der Waals surface area contributed by atoms with Gasteiger partial charge in [0.25, 0.3) is 5.91 Å². The fourth-order valence-electron chi connectivity index (χ4n) is 1.98. The third kappa shape index (κ3) is 2.87. The van der Waals surface area contributed by atoms with Gasteiger partial charge in [0.2, 0.25) is 0 Å². The number of hydrogen-bond acceptors (Lipinski definition) is 2. The summed E-state index contributed by atoms with van der Waals surface area (Å²) in [6.07, 6.45) is 1.62. The molecule has 0 unspecified atom stereocenters. The number of aromatic nitrogens is 2. The van der Waals surface area contributed by atoms with Crippen LogP contribution in [0, 0.1) is 5.82 Å². The van der Waals surface area contributed by atoms with E-state index in [4.69, 9.17) is 11.6 Å². The molecule has 1 amide bonds. The van der Waals surface area contributed by atoms with Crippen LogP contribution in [0.1, 0.15) is 16.1 Å². The number of pyridine rings is 1. The van der Waals surface area contributed by atoms with Crippen molar-refractivity contribution in [2.45, 2.75) is 6.54 Å². The number of halogens is 2. The molecule has 1 N–H and O–H groups in total. The Morgan fingerprint density at radius 2 is 2.10 bits per heavy atom. The molecular formula is C15H11ClFN3O. The van der Waals surface area contributed by atoms with Crippen LogP contribution < -0.4 is 5.32 Å². The second-order valence-electron chi connectivity index (χ2n) is 4.52. The zero-order valence-electron chi connectivity index (χ0n) is 10.9. The molecule has 4 nitrogen and oxygen atoms in total. The zero-order valence-corrected chi connectivity index (χ0v) is 11.6. The Bertz CT molecular complexity index is 816. The van der Waals surface area contributed by atoms with Crippen molar-refractivity contribution < 1.29 is 9.18 Å². The second-order valence-corrected chi connectivity index (χ2v) is 4.96. The molecule has 0 spiro atoms. The summed E-state index contributed by atoms with van der Waals surface area (Å²) < 4.78 is 15.0. The van der Waals surface area contributed by atoms with Crippen LogP contribution in [0.5, 0.6) is 0 Å². The number of carbonyl (C=O) groups is 1. The molecule has 0 aliphatic heterocycles. The number of rotatable bonds is 3. The SMILES string of the molecule is O=C(NCc1ccccc1F)c1cc2ccc(Cl)cn2n1. The van der Waals surface area contributed by atoms with E-state index in [-0.39, 0.29) is 24.0 Å². The first-order chi connectivity index (χ1) is 10.1. The zero-order chi connectivity index (χ0) is 14.8. The summed E-state index contributed by atoms with van der Waals surface area (Å²) in [7, 11) is 0. The number of fused-ring (bicyclic) bond motifs is 1. The Morgan fingerprint density at radius 3 is 2.90 bits per heavy atom. The highest BCUT2D eigenvalue weighted by molar-refractivity contribution is 6.30. The molecule has 0 saturated carbocycles. The molecule has 3 rings (SSSR count). The summed E-state index contributed by atoms with van der Waals surface area (Å²) in [5, 5.41) is 7.31. The summed E-state index contributed by atoms with van der Waals surface area (Å²) in [4.78, 5) is 12.0. The molecule has 106 valence electrons. The lowest BCUT2D eigenvalue weighted by molar-refractivity contribution is 0.0945. The maximum absolute atomic E-state index is 13.5. The molecule has 0 bridgehead atoms. The molecule has 0 radical (unpaired) electrons. The molecule has 0 aliphatic carbocycles. The Labute approximate surface area is 125 Å². The van der Waals surface area contributed by atoms with Gasteiger partial charge < -0.3 is 5.32 Å². The van der Waals surface area contributed by atoms with Gasteiger partial charge in [0, 0.05) is 18.3 Å². The Morgan fingerprint density at radius 1 is 1.29 bits per heavy atom. The molecule has 6 heteroatoms. The molecule has 1 aromatic carbocycles. The summed E-state index contributed by atoms with van der Waals surface area (Å²) in [5.41, 5.74) is 1.45. The fourth-order valence-corrected chi connectivity index (χ4v) is 2.14. The van der Waals surface area contributed by atoms with E-state index in [1.54, 1.807) is 42.6 Å². The highest BCUT2D eigenvalue weighted by Crippen LogP contribution is 2.12. The van der Waals surface area contributed by atoms with Crippen LogP contribution in [0.15, 0.2) is 48.7 Å². The van der Waals surface area contributed by atoms with E-state index in [9.17, 15) is 9.18 Å². The van der Waals surface area contributed by atoms with Crippen LogP contribution in [-0.2, 0) is 6.54 Å². The van der Waals surface area contributed by atoms with E-state index in [1.807, 2.05) is 0 Å². The van der Waals surface area contributed by atoms with Gasteiger partial charge in [-0.1, -0.05) is 29.8 Å². The molecule has 2 heterocycles. The summed E-state index contributed by atoms with van der Waals surface area (Å²) >= 11 is 5.86. The predicted octanol–water partition coefficient (Wildman–Crippen LogP) is 3.06. The average molecular weight is 304 g/mol. The Hall–Kier alpha value is -2.40. The number of benzene rings is 1. The van der Waals surface area contributed by atoms with Crippen molar-refractivity contribution in [3.8, 4) is 0 Å².